The van der Waals surface area contributed by atoms with Gasteiger partial charge in [-0.2, -0.15) is 4.31 Å². The molecule has 1 amide bonds. The Morgan fingerprint density at radius 2 is 1.72 bits per heavy atom. The maximum absolute atomic E-state index is 13.7. The zero-order valence-corrected chi connectivity index (χ0v) is 19.9. The molecule has 2 aromatic carbocycles. The van der Waals surface area contributed by atoms with E-state index in [9.17, 15) is 13.2 Å². The van der Waals surface area contributed by atoms with E-state index in [-0.39, 0.29) is 17.3 Å². The molecule has 1 fully saturated rings. The lowest BCUT2D eigenvalue weighted by Crippen LogP contribution is -2.48. The molecule has 8 heteroatoms. The van der Waals surface area contributed by atoms with E-state index in [1.165, 1.54) is 11.4 Å². The summed E-state index contributed by atoms with van der Waals surface area (Å²) in [5.41, 5.74) is 1.77. The molecule has 0 spiro atoms. The molecule has 0 bridgehead atoms. The maximum Gasteiger partial charge on any atom is 0.244 e. The summed E-state index contributed by atoms with van der Waals surface area (Å²) in [6.45, 7) is 4.72. The van der Waals surface area contributed by atoms with Gasteiger partial charge in [-0.15, -0.1) is 0 Å². The third-order valence-electron chi connectivity index (χ3n) is 5.79. The number of hydrogen-bond donors (Lipinski definition) is 1. The van der Waals surface area contributed by atoms with Gasteiger partial charge < -0.3 is 14.8 Å². The average molecular weight is 461 g/mol. The van der Waals surface area contributed by atoms with Gasteiger partial charge in [0.05, 0.1) is 19.1 Å². The summed E-state index contributed by atoms with van der Waals surface area (Å²) in [4.78, 5) is 13.0. The Labute approximate surface area is 190 Å². The van der Waals surface area contributed by atoms with Gasteiger partial charge in [0.15, 0.2) is 11.5 Å². The topological polar surface area (TPSA) is 84.9 Å². The fourth-order valence-corrected chi connectivity index (χ4v) is 5.49. The van der Waals surface area contributed by atoms with Crippen LogP contribution in [0.2, 0.25) is 0 Å². The highest BCUT2D eigenvalue weighted by atomic mass is 32.2. The fraction of sp³-hybridized carbons (Fsp3) is 0.458. The Bertz CT molecular complexity index is 1030. The lowest BCUT2D eigenvalue weighted by atomic mass is 10.0. The van der Waals surface area contributed by atoms with Crippen molar-refractivity contribution < 1.29 is 22.7 Å². The summed E-state index contributed by atoms with van der Waals surface area (Å²) >= 11 is 0. The molecule has 32 heavy (non-hydrogen) atoms. The second-order valence-electron chi connectivity index (χ2n) is 8.27. The number of amides is 1. The molecule has 1 unspecified atom stereocenters. The van der Waals surface area contributed by atoms with E-state index in [1.54, 1.807) is 37.4 Å². The standard InChI is InChI=1S/C24H32N2O5S/c1-17(2)19-9-11-20(12-10-19)32(28,29)26(21-7-5-6-14-25-24(21)27)16-18-8-13-22(30-3)23(15-18)31-4/h8-13,15,17,21H,5-7,14,16H2,1-4H3,(H,25,27). The second-order valence-corrected chi connectivity index (χ2v) is 10.2. The van der Waals surface area contributed by atoms with E-state index in [0.717, 1.165) is 18.4 Å². The molecule has 174 valence electrons. The van der Waals surface area contributed by atoms with Crippen LogP contribution in [0.25, 0.3) is 0 Å². The molecule has 7 nitrogen and oxygen atoms in total. The Kier molecular flexibility index (Phi) is 7.79. The highest BCUT2D eigenvalue weighted by Gasteiger charge is 2.36. The van der Waals surface area contributed by atoms with Gasteiger partial charge in [-0.1, -0.05) is 32.0 Å². The monoisotopic (exact) mass is 460 g/mol. The first-order valence-electron chi connectivity index (χ1n) is 10.9. The SMILES string of the molecule is COc1ccc(CN(C2CCCCNC2=O)S(=O)(=O)c2ccc(C(C)C)cc2)cc1OC. The molecule has 1 saturated heterocycles. The number of rotatable bonds is 8. The molecule has 1 N–H and O–H groups in total. The smallest absolute Gasteiger partial charge is 0.244 e. The molecular weight excluding hydrogens is 428 g/mol. The van der Waals surface area contributed by atoms with E-state index >= 15 is 0 Å². The number of sulfonamides is 1. The van der Waals surface area contributed by atoms with Gasteiger partial charge in [0, 0.05) is 13.1 Å². The molecule has 0 saturated carbocycles. The number of hydrogen-bond acceptors (Lipinski definition) is 5. The maximum atomic E-state index is 13.7. The van der Waals surface area contributed by atoms with Gasteiger partial charge in [0.2, 0.25) is 15.9 Å². The van der Waals surface area contributed by atoms with Crippen molar-refractivity contribution in [2.24, 2.45) is 0 Å². The Hall–Kier alpha value is -2.58. The number of nitrogens with zero attached hydrogens (tertiary/aromatic N) is 1. The highest BCUT2D eigenvalue weighted by Crippen LogP contribution is 2.31. The summed E-state index contributed by atoms with van der Waals surface area (Å²) in [6.07, 6.45) is 2.08. The highest BCUT2D eigenvalue weighted by molar-refractivity contribution is 7.89. The Balaban J connectivity index is 2.03. The lowest BCUT2D eigenvalue weighted by molar-refractivity contribution is -0.124. The first kappa shape index (κ1) is 24.1. The number of ether oxygens (including phenoxy) is 2. The fourth-order valence-electron chi connectivity index (χ4n) is 3.88. The van der Waals surface area contributed by atoms with Gasteiger partial charge in [-0.25, -0.2) is 8.42 Å². The third kappa shape index (κ3) is 5.24. The molecule has 1 heterocycles. The van der Waals surface area contributed by atoms with E-state index in [2.05, 4.69) is 19.2 Å². The summed E-state index contributed by atoms with van der Waals surface area (Å²) in [5.74, 6) is 1.10. The molecule has 1 aliphatic rings. The van der Waals surface area contributed by atoms with Crippen molar-refractivity contribution in [2.75, 3.05) is 20.8 Å². The molecule has 0 aliphatic carbocycles. The van der Waals surface area contributed by atoms with Crippen molar-refractivity contribution in [2.45, 2.75) is 56.5 Å². The number of carbonyl (C=O) groups is 1. The van der Waals surface area contributed by atoms with Crippen molar-refractivity contribution in [3.05, 3.63) is 53.6 Å². The zero-order chi connectivity index (χ0) is 23.3. The van der Waals surface area contributed by atoms with Crippen molar-refractivity contribution in [3.63, 3.8) is 0 Å². The summed E-state index contributed by atoms with van der Waals surface area (Å²) in [5, 5.41) is 2.86. The Morgan fingerprint density at radius 3 is 2.34 bits per heavy atom. The quantitative estimate of drug-likeness (QED) is 0.650. The Morgan fingerprint density at radius 1 is 1.03 bits per heavy atom. The molecule has 2 aromatic rings. The minimum Gasteiger partial charge on any atom is -0.493 e. The van der Waals surface area contributed by atoms with Gasteiger partial charge >= 0.3 is 0 Å². The van der Waals surface area contributed by atoms with Crippen molar-refractivity contribution in [1.82, 2.24) is 9.62 Å². The number of methoxy groups -OCH3 is 2. The van der Waals surface area contributed by atoms with Gasteiger partial charge in [-0.3, -0.25) is 4.79 Å². The second kappa shape index (κ2) is 10.4. The summed E-state index contributed by atoms with van der Waals surface area (Å²) < 4.78 is 39.5. The lowest BCUT2D eigenvalue weighted by Gasteiger charge is -2.29. The minimum absolute atomic E-state index is 0.0483. The van der Waals surface area contributed by atoms with Crippen LogP contribution in [0.4, 0.5) is 0 Å². The van der Waals surface area contributed by atoms with Crippen molar-refractivity contribution >= 4 is 15.9 Å². The van der Waals surface area contributed by atoms with E-state index < -0.39 is 16.1 Å². The number of nitrogens with one attached hydrogen (secondary N) is 1. The molecule has 0 radical (unpaired) electrons. The van der Waals surface area contributed by atoms with Gasteiger partial charge in [-0.05, 0) is 60.6 Å². The van der Waals surface area contributed by atoms with Crippen LogP contribution in [0, 0.1) is 0 Å². The van der Waals surface area contributed by atoms with Crippen LogP contribution < -0.4 is 14.8 Å². The third-order valence-corrected chi connectivity index (χ3v) is 7.66. The van der Waals surface area contributed by atoms with Crippen LogP contribution in [-0.2, 0) is 21.4 Å². The van der Waals surface area contributed by atoms with Gasteiger partial charge in [0.25, 0.3) is 0 Å². The van der Waals surface area contributed by atoms with Crippen LogP contribution in [0.5, 0.6) is 11.5 Å². The van der Waals surface area contributed by atoms with Crippen LogP contribution in [-0.4, -0.2) is 45.4 Å². The van der Waals surface area contributed by atoms with Crippen molar-refractivity contribution in [1.29, 1.82) is 0 Å². The first-order valence-corrected chi connectivity index (χ1v) is 12.3. The summed E-state index contributed by atoms with van der Waals surface area (Å²) in [7, 11) is -0.846. The van der Waals surface area contributed by atoms with E-state index in [1.807, 2.05) is 12.1 Å². The molecule has 0 aromatic heterocycles. The molecule has 1 atom stereocenters. The van der Waals surface area contributed by atoms with Crippen molar-refractivity contribution in [3.8, 4) is 11.5 Å². The zero-order valence-electron chi connectivity index (χ0n) is 19.1. The average Bonchev–Trinajstić information content (AvgIpc) is 3.01. The minimum atomic E-state index is -3.93. The first-order chi connectivity index (χ1) is 15.3. The molecular formula is C24H32N2O5S. The number of carbonyl (C=O) groups excluding carboxylic acids is 1. The van der Waals surface area contributed by atoms with Crippen LogP contribution in [0.3, 0.4) is 0 Å². The molecule has 1 aliphatic heterocycles. The van der Waals surface area contributed by atoms with Crippen LogP contribution in [0.1, 0.15) is 50.2 Å². The van der Waals surface area contributed by atoms with E-state index in [0.29, 0.717) is 35.9 Å². The predicted octanol–water partition coefficient (Wildman–Crippen LogP) is 3.69. The predicted molar refractivity (Wildman–Crippen MR) is 123 cm³/mol. The van der Waals surface area contributed by atoms with Gasteiger partial charge in [0.1, 0.15) is 6.04 Å². The normalized spacial score (nSPS) is 17.2. The van der Waals surface area contributed by atoms with E-state index in [4.69, 9.17) is 9.47 Å². The largest absolute Gasteiger partial charge is 0.493 e. The van der Waals surface area contributed by atoms with Crippen LogP contribution in [0.15, 0.2) is 47.4 Å². The van der Waals surface area contributed by atoms with Crippen LogP contribution >= 0.6 is 0 Å². The summed E-state index contributed by atoms with van der Waals surface area (Å²) in [6, 6.07) is 11.4. The molecule has 3 rings (SSSR count). The number of benzene rings is 2.